The first kappa shape index (κ1) is 10.3. The number of aliphatic hydroxyl groups is 1. The van der Waals surface area contributed by atoms with Gasteiger partial charge in [-0.15, -0.1) is 0 Å². The van der Waals surface area contributed by atoms with Gasteiger partial charge in [-0.05, 0) is 42.7 Å². The van der Waals surface area contributed by atoms with Gasteiger partial charge >= 0.3 is 0 Å². The summed E-state index contributed by atoms with van der Waals surface area (Å²) >= 11 is 0. The van der Waals surface area contributed by atoms with Gasteiger partial charge in [0.05, 0.1) is 5.60 Å². The minimum absolute atomic E-state index is 0.435. The minimum atomic E-state index is -0.435. The average Bonchev–Trinajstić information content (AvgIpc) is 2.27. The Morgan fingerprint density at radius 1 is 1.31 bits per heavy atom. The predicted octanol–water partition coefficient (Wildman–Crippen LogP) is 1.83. The van der Waals surface area contributed by atoms with E-state index in [1.807, 2.05) is 0 Å². The Kier molecular flexibility index (Phi) is 2.49. The highest BCUT2D eigenvalue weighted by Crippen LogP contribution is 2.37. The van der Waals surface area contributed by atoms with Gasteiger partial charge < -0.3 is 10.4 Å². The Hall–Kier alpha value is -0.860. The maximum Gasteiger partial charge on any atom is 0.0900 e. The first-order valence-electron chi connectivity index (χ1n) is 6.28. The van der Waals surface area contributed by atoms with Crippen LogP contribution in [0.2, 0.25) is 0 Å². The molecule has 2 aliphatic rings. The summed E-state index contributed by atoms with van der Waals surface area (Å²) in [5, 5.41) is 13.4. The highest BCUT2D eigenvalue weighted by Gasteiger charge is 2.37. The average molecular weight is 217 g/mol. The smallest absolute Gasteiger partial charge is 0.0900 e. The van der Waals surface area contributed by atoms with Crippen molar-refractivity contribution in [2.24, 2.45) is 0 Å². The van der Waals surface area contributed by atoms with Crippen LogP contribution in [0.25, 0.3) is 0 Å². The minimum Gasteiger partial charge on any atom is -0.387 e. The van der Waals surface area contributed by atoms with Crippen molar-refractivity contribution in [2.45, 2.75) is 37.2 Å². The van der Waals surface area contributed by atoms with E-state index in [0.717, 1.165) is 19.5 Å². The number of β-amino-alcohol motifs (C(OH)–C–C–N with tert-alkyl or cyclic N) is 1. The first-order chi connectivity index (χ1) is 7.77. The fourth-order valence-electron chi connectivity index (χ4n) is 3.08. The van der Waals surface area contributed by atoms with Crippen molar-refractivity contribution in [1.29, 1.82) is 0 Å². The van der Waals surface area contributed by atoms with E-state index in [1.165, 1.54) is 30.4 Å². The molecule has 0 saturated carbocycles. The van der Waals surface area contributed by atoms with E-state index >= 15 is 0 Å². The molecule has 0 aromatic heterocycles. The van der Waals surface area contributed by atoms with Crippen molar-refractivity contribution in [2.75, 3.05) is 13.1 Å². The van der Waals surface area contributed by atoms with Gasteiger partial charge in [-0.1, -0.05) is 24.3 Å². The third-order valence-corrected chi connectivity index (χ3v) is 4.03. The lowest BCUT2D eigenvalue weighted by atomic mass is 9.75. The molecule has 1 heterocycles. The van der Waals surface area contributed by atoms with Gasteiger partial charge in [0.2, 0.25) is 0 Å². The van der Waals surface area contributed by atoms with Crippen molar-refractivity contribution < 1.29 is 5.11 Å². The Morgan fingerprint density at radius 2 is 2.12 bits per heavy atom. The fraction of sp³-hybridized carbons (Fsp3) is 0.571. The zero-order chi connectivity index (χ0) is 11.0. The van der Waals surface area contributed by atoms with Gasteiger partial charge in [-0.3, -0.25) is 0 Å². The van der Waals surface area contributed by atoms with E-state index in [9.17, 15) is 5.11 Å². The highest BCUT2D eigenvalue weighted by atomic mass is 16.3. The molecule has 0 amide bonds. The number of benzene rings is 1. The van der Waals surface area contributed by atoms with Crippen molar-refractivity contribution in [3.63, 3.8) is 0 Å². The molecule has 86 valence electrons. The van der Waals surface area contributed by atoms with E-state index in [-0.39, 0.29) is 0 Å². The summed E-state index contributed by atoms with van der Waals surface area (Å²) in [5.74, 6) is 0.567. The van der Waals surface area contributed by atoms with Gasteiger partial charge in [0.25, 0.3) is 0 Å². The second-order valence-electron chi connectivity index (χ2n) is 5.32. The van der Waals surface area contributed by atoms with Crippen LogP contribution >= 0.6 is 0 Å². The van der Waals surface area contributed by atoms with E-state index in [2.05, 4.69) is 29.6 Å². The van der Waals surface area contributed by atoms with E-state index in [0.29, 0.717) is 5.92 Å². The standard InChI is InChI=1S/C14H19NO/c16-14(9-15-10-14)8-12-6-3-5-11-4-1-2-7-13(11)12/h1-2,4,7,12,15-16H,3,5-6,8-10H2. The summed E-state index contributed by atoms with van der Waals surface area (Å²) < 4.78 is 0. The topological polar surface area (TPSA) is 32.3 Å². The zero-order valence-corrected chi connectivity index (χ0v) is 9.58. The first-order valence-corrected chi connectivity index (χ1v) is 6.28. The SMILES string of the molecule is OC1(CC2CCCc3ccccc32)CNC1. The molecule has 1 unspecified atom stereocenters. The molecule has 0 bridgehead atoms. The van der Waals surface area contributed by atoms with Gasteiger partial charge in [0.1, 0.15) is 0 Å². The number of hydrogen-bond acceptors (Lipinski definition) is 2. The largest absolute Gasteiger partial charge is 0.387 e. The fourth-order valence-corrected chi connectivity index (χ4v) is 3.08. The van der Waals surface area contributed by atoms with Crippen molar-refractivity contribution in [3.8, 4) is 0 Å². The van der Waals surface area contributed by atoms with Gasteiger partial charge in [-0.2, -0.15) is 0 Å². The second kappa shape index (κ2) is 3.86. The summed E-state index contributed by atoms with van der Waals surface area (Å²) in [7, 11) is 0. The van der Waals surface area contributed by atoms with E-state index in [4.69, 9.17) is 0 Å². The summed E-state index contributed by atoms with van der Waals surface area (Å²) in [6.07, 6.45) is 4.64. The molecule has 2 N–H and O–H groups in total. The van der Waals surface area contributed by atoms with Gasteiger partial charge in [-0.25, -0.2) is 0 Å². The van der Waals surface area contributed by atoms with Gasteiger partial charge in [0, 0.05) is 13.1 Å². The van der Waals surface area contributed by atoms with Gasteiger partial charge in [0.15, 0.2) is 0 Å². The highest BCUT2D eigenvalue weighted by molar-refractivity contribution is 5.33. The monoisotopic (exact) mass is 217 g/mol. The predicted molar refractivity (Wildman–Crippen MR) is 64.6 cm³/mol. The maximum atomic E-state index is 10.2. The van der Waals surface area contributed by atoms with Crippen LogP contribution in [-0.2, 0) is 6.42 Å². The number of nitrogens with one attached hydrogen (secondary N) is 1. The summed E-state index contributed by atoms with van der Waals surface area (Å²) in [6.45, 7) is 1.54. The van der Waals surface area contributed by atoms with Crippen LogP contribution in [-0.4, -0.2) is 23.8 Å². The third-order valence-electron chi connectivity index (χ3n) is 4.03. The number of aryl methyl sites for hydroxylation is 1. The molecule has 1 aliphatic carbocycles. The molecule has 0 spiro atoms. The van der Waals surface area contributed by atoms with Crippen molar-refractivity contribution in [3.05, 3.63) is 35.4 Å². The molecule has 1 aromatic rings. The molecule has 1 saturated heterocycles. The number of rotatable bonds is 2. The molecule has 1 atom stereocenters. The van der Waals surface area contributed by atoms with E-state index < -0.39 is 5.60 Å². The van der Waals surface area contributed by atoms with Crippen molar-refractivity contribution in [1.82, 2.24) is 5.32 Å². The zero-order valence-electron chi connectivity index (χ0n) is 9.58. The third kappa shape index (κ3) is 1.76. The summed E-state index contributed by atoms with van der Waals surface area (Å²) in [6, 6.07) is 8.74. The van der Waals surface area contributed by atoms with Crippen LogP contribution in [0.3, 0.4) is 0 Å². The van der Waals surface area contributed by atoms with Crippen LogP contribution in [0.4, 0.5) is 0 Å². The van der Waals surface area contributed by atoms with Crippen LogP contribution < -0.4 is 5.32 Å². The van der Waals surface area contributed by atoms with Crippen LogP contribution in [0.1, 0.15) is 36.3 Å². The summed E-state index contributed by atoms with van der Waals surface area (Å²) in [4.78, 5) is 0. The molecule has 2 nitrogen and oxygen atoms in total. The quantitative estimate of drug-likeness (QED) is 0.792. The van der Waals surface area contributed by atoms with Crippen molar-refractivity contribution >= 4 is 0 Å². The lowest BCUT2D eigenvalue weighted by Gasteiger charge is -2.41. The molecule has 2 heteroatoms. The number of hydrogen-bond donors (Lipinski definition) is 2. The molecular weight excluding hydrogens is 198 g/mol. The van der Waals surface area contributed by atoms with Crippen LogP contribution in [0.5, 0.6) is 0 Å². The second-order valence-corrected chi connectivity index (χ2v) is 5.32. The molecule has 1 fully saturated rings. The van der Waals surface area contributed by atoms with E-state index in [1.54, 1.807) is 0 Å². The van der Waals surface area contributed by atoms with Crippen LogP contribution in [0.15, 0.2) is 24.3 Å². The normalized spacial score (nSPS) is 26.9. The van der Waals surface area contributed by atoms with Crippen LogP contribution in [0, 0.1) is 0 Å². The summed E-state index contributed by atoms with van der Waals surface area (Å²) in [5.41, 5.74) is 2.54. The Morgan fingerprint density at radius 3 is 2.88 bits per heavy atom. The Balaban J connectivity index is 1.81. The Labute approximate surface area is 96.7 Å². The molecule has 0 radical (unpaired) electrons. The number of fused-ring (bicyclic) bond motifs is 1. The molecule has 1 aromatic carbocycles. The Bertz CT molecular complexity index is 384. The maximum absolute atomic E-state index is 10.2. The molecule has 16 heavy (non-hydrogen) atoms. The molecule has 3 rings (SSSR count). The molecular formula is C14H19NO. The molecule has 1 aliphatic heterocycles. The lowest BCUT2D eigenvalue weighted by molar-refractivity contribution is -0.0241. The lowest BCUT2D eigenvalue weighted by Crippen LogP contribution is -2.60.